The summed E-state index contributed by atoms with van der Waals surface area (Å²) in [5.41, 5.74) is 0. The van der Waals surface area contributed by atoms with Gasteiger partial charge in [-0.1, -0.05) is 6.92 Å². The Morgan fingerprint density at radius 1 is 1.29 bits per heavy atom. The minimum atomic E-state index is 0.209. The summed E-state index contributed by atoms with van der Waals surface area (Å²) in [6.07, 6.45) is 1.93. The quantitative estimate of drug-likeness (QED) is 0.507. The Bertz CT molecular complexity index is 108. The highest BCUT2D eigenvalue weighted by molar-refractivity contribution is 4.61. The number of aliphatic hydroxyl groups is 1. The predicted octanol–water partition coefficient (Wildman–Crippen LogP) is 0.400. The lowest BCUT2D eigenvalue weighted by molar-refractivity contribution is 0.0689. The lowest BCUT2D eigenvalue weighted by Gasteiger charge is -2.13. The van der Waals surface area contributed by atoms with E-state index < -0.39 is 0 Å². The monoisotopic (exact) mass is 205 g/mol. The molecule has 0 saturated heterocycles. The normalized spacial score (nSPS) is 13.1. The van der Waals surface area contributed by atoms with Gasteiger partial charge in [-0.15, -0.1) is 0 Å². The first kappa shape index (κ1) is 13.8. The molecule has 0 aromatic rings. The fraction of sp³-hybridized carbons (Fsp3) is 1.00. The fourth-order valence-electron chi connectivity index (χ4n) is 1.06. The number of aliphatic hydroxyl groups excluding tert-OH is 1. The predicted molar refractivity (Wildman–Crippen MR) is 56.5 cm³/mol. The first-order valence-corrected chi connectivity index (χ1v) is 5.26. The van der Waals surface area contributed by atoms with Crippen LogP contribution in [0.3, 0.4) is 0 Å². The van der Waals surface area contributed by atoms with Crippen molar-refractivity contribution in [1.29, 1.82) is 0 Å². The summed E-state index contributed by atoms with van der Waals surface area (Å²) in [5, 5.41) is 12.1. The van der Waals surface area contributed by atoms with Gasteiger partial charge in [0.15, 0.2) is 0 Å². The van der Waals surface area contributed by atoms with Crippen molar-refractivity contribution in [2.24, 2.45) is 0 Å². The molecule has 0 bridgehead atoms. The first-order chi connectivity index (χ1) is 6.85. The standard InChI is InChI=1S/C10H23NO3/c1-3-10(9-12)11-5-4-6-14-8-7-13-2/h10-12H,3-9H2,1-2H3. The average Bonchev–Trinajstić information content (AvgIpc) is 2.22. The van der Waals surface area contributed by atoms with Crippen molar-refractivity contribution < 1.29 is 14.6 Å². The van der Waals surface area contributed by atoms with Gasteiger partial charge >= 0.3 is 0 Å². The number of hydrogen-bond acceptors (Lipinski definition) is 4. The van der Waals surface area contributed by atoms with Crippen molar-refractivity contribution in [1.82, 2.24) is 5.32 Å². The van der Waals surface area contributed by atoms with Gasteiger partial charge in [0, 0.05) is 19.8 Å². The van der Waals surface area contributed by atoms with Crippen LogP contribution in [-0.4, -0.2) is 51.2 Å². The summed E-state index contributed by atoms with van der Waals surface area (Å²) >= 11 is 0. The van der Waals surface area contributed by atoms with Crippen LogP contribution in [0.15, 0.2) is 0 Å². The molecule has 4 heteroatoms. The Morgan fingerprint density at radius 3 is 2.64 bits per heavy atom. The second kappa shape index (κ2) is 10.9. The van der Waals surface area contributed by atoms with Crippen molar-refractivity contribution in [2.75, 3.05) is 40.1 Å². The molecule has 0 rings (SSSR count). The Hall–Kier alpha value is -0.160. The molecule has 0 amide bonds. The van der Waals surface area contributed by atoms with Gasteiger partial charge in [-0.25, -0.2) is 0 Å². The summed E-state index contributed by atoms with van der Waals surface area (Å²) in [7, 11) is 1.66. The number of hydrogen-bond donors (Lipinski definition) is 2. The maximum atomic E-state index is 8.89. The molecular weight excluding hydrogens is 182 g/mol. The molecule has 86 valence electrons. The zero-order valence-electron chi connectivity index (χ0n) is 9.29. The summed E-state index contributed by atoms with van der Waals surface area (Å²) in [6, 6.07) is 0.231. The first-order valence-electron chi connectivity index (χ1n) is 5.26. The van der Waals surface area contributed by atoms with Crippen LogP contribution in [0.1, 0.15) is 19.8 Å². The number of methoxy groups -OCH3 is 1. The zero-order chi connectivity index (χ0) is 10.6. The summed E-state index contributed by atoms with van der Waals surface area (Å²) < 4.78 is 10.1. The lowest BCUT2D eigenvalue weighted by atomic mass is 10.2. The largest absolute Gasteiger partial charge is 0.395 e. The molecule has 1 unspecified atom stereocenters. The SMILES string of the molecule is CCC(CO)NCCCOCCOC. The summed E-state index contributed by atoms with van der Waals surface area (Å²) in [4.78, 5) is 0. The van der Waals surface area contributed by atoms with Crippen molar-refractivity contribution >= 4 is 0 Å². The minimum absolute atomic E-state index is 0.209. The molecule has 0 aliphatic rings. The third-order valence-corrected chi connectivity index (χ3v) is 2.04. The van der Waals surface area contributed by atoms with Crippen LogP contribution >= 0.6 is 0 Å². The van der Waals surface area contributed by atoms with Crippen molar-refractivity contribution in [3.8, 4) is 0 Å². The molecule has 0 aliphatic carbocycles. The molecule has 14 heavy (non-hydrogen) atoms. The van der Waals surface area contributed by atoms with E-state index in [2.05, 4.69) is 12.2 Å². The van der Waals surface area contributed by atoms with E-state index in [0.717, 1.165) is 26.0 Å². The zero-order valence-corrected chi connectivity index (χ0v) is 9.29. The van der Waals surface area contributed by atoms with E-state index in [1.54, 1.807) is 7.11 Å². The smallest absolute Gasteiger partial charge is 0.0700 e. The van der Waals surface area contributed by atoms with Gasteiger partial charge in [0.05, 0.1) is 19.8 Å². The Balaban J connectivity index is 3.04. The second-order valence-corrected chi connectivity index (χ2v) is 3.20. The third kappa shape index (κ3) is 8.44. The summed E-state index contributed by atoms with van der Waals surface area (Å²) in [5.74, 6) is 0. The maximum Gasteiger partial charge on any atom is 0.0700 e. The Kier molecular flexibility index (Phi) is 10.8. The van der Waals surface area contributed by atoms with Crippen LogP contribution in [0.5, 0.6) is 0 Å². The van der Waals surface area contributed by atoms with Crippen molar-refractivity contribution in [3.05, 3.63) is 0 Å². The molecule has 4 nitrogen and oxygen atoms in total. The molecule has 0 spiro atoms. The van der Waals surface area contributed by atoms with Gasteiger partial charge < -0.3 is 19.9 Å². The van der Waals surface area contributed by atoms with Crippen LogP contribution in [0.2, 0.25) is 0 Å². The van der Waals surface area contributed by atoms with Gasteiger partial charge in [-0.2, -0.15) is 0 Å². The molecule has 0 radical (unpaired) electrons. The van der Waals surface area contributed by atoms with E-state index in [0.29, 0.717) is 13.2 Å². The molecule has 0 saturated carbocycles. The van der Waals surface area contributed by atoms with Crippen LogP contribution in [0, 0.1) is 0 Å². The number of ether oxygens (including phenoxy) is 2. The molecule has 0 heterocycles. The van der Waals surface area contributed by atoms with Crippen LogP contribution in [0.4, 0.5) is 0 Å². The highest BCUT2D eigenvalue weighted by Gasteiger charge is 2.01. The van der Waals surface area contributed by atoms with Gasteiger partial charge in [0.2, 0.25) is 0 Å². The van der Waals surface area contributed by atoms with Crippen molar-refractivity contribution in [3.63, 3.8) is 0 Å². The second-order valence-electron chi connectivity index (χ2n) is 3.20. The molecule has 0 fully saturated rings. The molecule has 1 atom stereocenters. The van der Waals surface area contributed by atoms with Gasteiger partial charge in [-0.3, -0.25) is 0 Å². The van der Waals surface area contributed by atoms with E-state index in [9.17, 15) is 0 Å². The van der Waals surface area contributed by atoms with E-state index >= 15 is 0 Å². The van der Waals surface area contributed by atoms with Gasteiger partial charge in [0.1, 0.15) is 0 Å². The highest BCUT2D eigenvalue weighted by Crippen LogP contribution is 1.89. The number of rotatable bonds is 10. The van der Waals surface area contributed by atoms with Gasteiger partial charge in [0.25, 0.3) is 0 Å². The van der Waals surface area contributed by atoms with E-state index in [4.69, 9.17) is 14.6 Å². The average molecular weight is 205 g/mol. The van der Waals surface area contributed by atoms with Crippen molar-refractivity contribution in [2.45, 2.75) is 25.8 Å². The van der Waals surface area contributed by atoms with E-state index in [1.165, 1.54) is 0 Å². The molecule has 0 aliphatic heterocycles. The van der Waals surface area contributed by atoms with Crippen LogP contribution in [-0.2, 0) is 9.47 Å². The molecule has 2 N–H and O–H groups in total. The lowest BCUT2D eigenvalue weighted by Crippen LogP contribution is -2.32. The van der Waals surface area contributed by atoms with E-state index in [1.807, 2.05) is 0 Å². The van der Waals surface area contributed by atoms with Crippen LogP contribution in [0.25, 0.3) is 0 Å². The number of nitrogens with one attached hydrogen (secondary N) is 1. The van der Waals surface area contributed by atoms with Gasteiger partial charge in [-0.05, 0) is 19.4 Å². The Labute approximate surface area is 86.6 Å². The van der Waals surface area contributed by atoms with Crippen LogP contribution < -0.4 is 5.32 Å². The molecule has 0 aromatic carbocycles. The maximum absolute atomic E-state index is 8.89. The third-order valence-electron chi connectivity index (χ3n) is 2.04. The summed E-state index contributed by atoms with van der Waals surface area (Å²) in [6.45, 7) is 5.23. The topological polar surface area (TPSA) is 50.7 Å². The molecule has 0 aromatic heterocycles. The highest BCUT2D eigenvalue weighted by atomic mass is 16.5. The minimum Gasteiger partial charge on any atom is -0.395 e. The Morgan fingerprint density at radius 2 is 2.07 bits per heavy atom. The fourth-order valence-corrected chi connectivity index (χ4v) is 1.06. The molecular formula is C10H23NO3. The van der Waals surface area contributed by atoms with E-state index in [-0.39, 0.29) is 12.6 Å².